The minimum absolute atomic E-state index is 0.245. The maximum absolute atomic E-state index is 14.4. The van der Waals surface area contributed by atoms with Gasteiger partial charge in [-0.2, -0.15) is 23.4 Å². The van der Waals surface area contributed by atoms with Crippen LogP contribution in [0.1, 0.15) is 30.0 Å². The number of benzene rings is 1. The summed E-state index contributed by atoms with van der Waals surface area (Å²) < 4.78 is 69.4. The summed E-state index contributed by atoms with van der Waals surface area (Å²) in [7, 11) is 0. The number of anilines is 1. The molecule has 0 radical (unpaired) electrons. The van der Waals surface area contributed by atoms with Crippen molar-refractivity contribution in [3.05, 3.63) is 71.8 Å². The summed E-state index contributed by atoms with van der Waals surface area (Å²) in [6, 6.07) is 4.63. The first-order chi connectivity index (χ1) is 14.8. The molecule has 0 spiro atoms. The van der Waals surface area contributed by atoms with E-state index in [9.17, 15) is 22.0 Å². The SMILES string of the molecule is Fc1ccc(F)c([C@H]2CCCN2c2ccn3ncc(-n4cc(C(F)(F)F)cn4)c3n2)c1. The number of rotatable bonds is 3. The predicted molar refractivity (Wildman–Crippen MR) is 101 cm³/mol. The van der Waals surface area contributed by atoms with Crippen molar-refractivity contribution < 1.29 is 22.0 Å². The summed E-state index contributed by atoms with van der Waals surface area (Å²) in [5, 5.41) is 7.91. The lowest BCUT2D eigenvalue weighted by molar-refractivity contribution is -0.137. The van der Waals surface area contributed by atoms with Crippen molar-refractivity contribution in [2.45, 2.75) is 25.1 Å². The molecule has 6 nitrogen and oxygen atoms in total. The third-order valence-corrected chi connectivity index (χ3v) is 5.36. The molecule has 31 heavy (non-hydrogen) atoms. The van der Waals surface area contributed by atoms with Crippen molar-refractivity contribution in [3.63, 3.8) is 0 Å². The van der Waals surface area contributed by atoms with E-state index in [1.54, 1.807) is 12.3 Å². The Bertz CT molecular complexity index is 1260. The minimum atomic E-state index is -4.52. The number of hydrogen-bond acceptors (Lipinski definition) is 4. The van der Waals surface area contributed by atoms with Crippen molar-refractivity contribution in [3.8, 4) is 5.69 Å². The molecular weight excluding hydrogens is 419 g/mol. The maximum Gasteiger partial charge on any atom is 0.419 e. The van der Waals surface area contributed by atoms with Crippen LogP contribution in [0.5, 0.6) is 0 Å². The van der Waals surface area contributed by atoms with Gasteiger partial charge in [-0.25, -0.2) is 23.0 Å². The summed E-state index contributed by atoms with van der Waals surface area (Å²) in [5.41, 5.74) is -0.0799. The van der Waals surface area contributed by atoms with E-state index in [-0.39, 0.29) is 11.3 Å². The molecule has 11 heteroatoms. The lowest BCUT2D eigenvalue weighted by atomic mass is 10.0. The van der Waals surface area contributed by atoms with Crippen molar-refractivity contribution in [1.29, 1.82) is 0 Å². The molecule has 4 aromatic rings. The highest BCUT2D eigenvalue weighted by Crippen LogP contribution is 2.37. The van der Waals surface area contributed by atoms with E-state index >= 15 is 0 Å². The largest absolute Gasteiger partial charge is 0.419 e. The van der Waals surface area contributed by atoms with Crippen LogP contribution in [0.4, 0.5) is 27.8 Å². The smallest absolute Gasteiger partial charge is 0.349 e. The molecule has 5 rings (SSSR count). The predicted octanol–water partition coefficient (Wildman–Crippen LogP) is 4.55. The highest BCUT2D eigenvalue weighted by molar-refractivity contribution is 5.61. The average molecular weight is 434 g/mol. The van der Waals surface area contributed by atoms with E-state index < -0.39 is 29.4 Å². The van der Waals surface area contributed by atoms with E-state index in [0.29, 0.717) is 24.4 Å². The average Bonchev–Trinajstić information content (AvgIpc) is 3.47. The van der Waals surface area contributed by atoms with Crippen molar-refractivity contribution in [2.75, 3.05) is 11.4 Å². The first kappa shape index (κ1) is 19.5. The molecule has 0 bridgehead atoms. The van der Waals surface area contributed by atoms with E-state index in [1.807, 2.05) is 4.90 Å². The summed E-state index contributed by atoms with van der Waals surface area (Å²) >= 11 is 0. The number of fused-ring (bicyclic) bond motifs is 1. The minimum Gasteiger partial charge on any atom is -0.349 e. The Balaban J connectivity index is 1.55. The number of aromatic nitrogens is 5. The molecule has 0 saturated carbocycles. The number of halogens is 5. The fourth-order valence-electron chi connectivity index (χ4n) is 3.90. The first-order valence-corrected chi connectivity index (χ1v) is 9.49. The molecule has 0 N–H and O–H groups in total. The van der Waals surface area contributed by atoms with E-state index in [0.717, 1.165) is 35.6 Å². The Morgan fingerprint density at radius 3 is 2.65 bits per heavy atom. The van der Waals surface area contributed by atoms with Gasteiger partial charge in [0.15, 0.2) is 5.65 Å². The molecule has 4 heterocycles. The van der Waals surface area contributed by atoms with Crippen molar-refractivity contribution in [2.24, 2.45) is 0 Å². The van der Waals surface area contributed by atoms with Crippen LogP contribution in [0.25, 0.3) is 11.3 Å². The van der Waals surface area contributed by atoms with Crippen LogP contribution < -0.4 is 4.90 Å². The van der Waals surface area contributed by atoms with Gasteiger partial charge in [-0.05, 0) is 37.1 Å². The zero-order valence-electron chi connectivity index (χ0n) is 15.9. The Morgan fingerprint density at radius 2 is 1.87 bits per heavy atom. The zero-order chi connectivity index (χ0) is 21.8. The van der Waals surface area contributed by atoms with Crippen molar-refractivity contribution >= 4 is 11.5 Å². The Labute approximate surface area is 172 Å². The Hall–Kier alpha value is -3.50. The molecule has 0 amide bonds. The summed E-state index contributed by atoms with van der Waals surface area (Å²) in [6.07, 6.45) is 1.45. The second-order valence-corrected chi connectivity index (χ2v) is 7.27. The molecule has 1 aliphatic rings. The van der Waals surface area contributed by atoms with Crippen LogP contribution in [0.15, 0.2) is 49.1 Å². The fourth-order valence-corrected chi connectivity index (χ4v) is 3.90. The van der Waals surface area contributed by atoms with Crippen LogP contribution in [0.3, 0.4) is 0 Å². The van der Waals surface area contributed by atoms with Crippen LogP contribution in [-0.2, 0) is 6.18 Å². The third kappa shape index (κ3) is 3.39. The normalized spacial score (nSPS) is 17.1. The molecule has 0 unspecified atom stereocenters. The van der Waals surface area contributed by atoms with Gasteiger partial charge < -0.3 is 4.90 Å². The summed E-state index contributed by atoms with van der Waals surface area (Å²) in [6.45, 7) is 0.577. The Morgan fingerprint density at radius 1 is 1.03 bits per heavy atom. The molecular formula is C20H15F5N6. The number of nitrogens with zero attached hydrogens (tertiary/aromatic N) is 6. The standard InChI is InChI=1S/C20H15F5N6/c21-13-3-4-15(22)14(8-13)16-2-1-6-29(16)18-5-7-30-19(28-18)17(10-27-30)31-11-12(9-26-31)20(23,24)25/h3-5,7-11,16H,1-2,6H2/t16-/m1/s1. The van der Waals surface area contributed by atoms with Gasteiger partial charge in [-0.3, -0.25) is 0 Å². The van der Waals surface area contributed by atoms with Crippen LogP contribution >= 0.6 is 0 Å². The molecule has 160 valence electrons. The lowest BCUT2D eigenvalue weighted by Gasteiger charge is -2.26. The van der Waals surface area contributed by atoms with Gasteiger partial charge in [0.25, 0.3) is 0 Å². The molecule has 0 aliphatic carbocycles. The topological polar surface area (TPSA) is 51.2 Å². The zero-order valence-corrected chi connectivity index (χ0v) is 15.9. The van der Waals surface area contributed by atoms with Gasteiger partial charge in [0, 0.05) is 24.5 Å². The van der Waals surface area contributed by atoms with E-state index in [1.165, 1.54) is 16.8 Å². The van der Waals surface area contributed by atoms with Crippen molar-refractivity contribution in [1.82, 2.24) is 24.4 Å². The maximum atomic E-state index is 14.4. The number of hydrogen-bond donors (Lipinski definition) is 0. The van der Waals surface area contributed by atoms with Gasteiger partial charge >= 0.3 is 6.18 Å². The van der Waals surface area contributed by atoms with Gasteiger partial charge in [0.05, 0.1) is 24.0 Å². The van der Waals surface area contributed by atoms with E-state index in [2.05, 4.69) is 15.2 Å². The molecule has 1 aliphatic heterocycles. The quantitative estimate of drug-likeness (QED) is 0.444. The van der Waals surface area contributed by atoms with Gasteiger partial charge in [0.2, 0.25) is 0 Å². The van der Waals surface area contributed by atoms with Crippen LogP contribution in [0.2, 0.25) is 0 Å². The molecule has 1 saturated heterocycles. The fraction of sp³-hybridized carbons (Fsp3) is 0.250. The second-order valence-electron chi connectivity index (χ2n) is 7.27. The van der Waals surface area contributed by atoms with Crippen LogP contribution in [-0.4, -0.2) is 30.9 Å². The third-order valence-electron chi connectivity index (χ3n) is 5.36. The second kappa shape index (κ2) is 7.03. The lowest BCUT2D eigenvalue weighted by Crippen LogP contribution is -2.24. The summed E-state index contributed by atoms with van der Waals surface area (Å²) in [4.78, 5) is 6.42. The van der Waals surface area contributed by atoms with Gasteiger partial charge in [-0.1, -0.05) is 0 Å². The molecule has 3 aromatic heterocycles. The first-order valence-electron chi connectivity index (χ1n) is 9.49. The highest BCUT2D eigenvalue weighted by atomic mass is 19.4. The molecule has 1 fully saturated rings. The Kier molecular flexibility index (Phi) is 4.42. The highest BCUT2D eigenvalue weighted by Gasteiger charge is 2.33. The number of alkyl halides is 3. The van der Waals surface area contributed by atoms with Gasteiger partial charge in [-0.15, -0.1) is 0 Å². The molecule has 1 aromatic carbocycles. The summed E-state index contributed by atoms with van der Waals surface area (Å²) in [5.74, 6) is -0.534. The van der Waals surface area contributed by atoms with E-state index in [4.69, 9.17) is 0 Å². The molecule has 1 atom stereocenters. The van der Waals surface area contributed by atoms with Crippen LogP contribution in [0, 0.1) is 11.6 Å². The monoisotopic (exact) mass is 434 g/mol. The van der Waals surface area contributed by atoms with Gasteiger partial charge in [0.1, 0.15) is 23.1 Å².